The molecule has 0 heterocycles. The van der Waals surface area contributed by atoms with Crippen molar-refractivity contribution >= 4 is 11.8 Å². The van der Waals surface area contributed by atoms with Gasteiger partial charge in [0.25, 0.3) is 0 Å². The molecule has 1 N–H and O–H groups in total. The number of ether oxygens (including phenoxy) is 2. The minimum absolute atomic E-state index is 0.000880. The summed E-state index contributed by atoms with van der Waals surface area (Å²) in [5, 5.41) is 9.54. The Morgan fingerprint density at radius 3 is 2.45 bits per heavy atom. The molecule has 1 aliphatic rings. The summed E-state index contributed by atoms with van der Waals surface area (Å²) >= 11 is 0. The van der Waals surface area contributed by atoms with Crippen molar-refractivity contribution in [1.82, 2.24) is 0 Å². The normalized spacial score (nSPS) is 19.8. The second-order valence-corrected chi connectivity index (χ2v) is 4.88. The number of hydrogen-bond acceptors (Lipinski definition) is 5. The molecule has 1 aliphatic carbocycles. The first-order valence-electron chi connectivity index (χ1n) is 7.43. The number of Topliss-reactive ketones (excluding diaryl/α,β-unsaturated/α-hetero) is 1. The Kier molecular flexibility index (Phi) is 11.3. The van der Waals surface area contributed by atoms with E-state index in [2.05, 4.69) is 4.74 Å². The van der Waals surface area contributed by atoms with Crippen molar-refractivity contribution in [3.8, 4) is 0 Å². The monoisotopic (exact) mass is 288 g/mol. The van der Waals surface area contributed by atoms with Crippen LogP contribution in [0.2, 0.25) is 0 Å². The Hall–Kier alpha value is -0.940. The van der Waals surface area contributed by atoms with E-state index < -0.39 is 12.1 Å². The summed E-state index contributed by atoms with van der Waals surface area (Å²) < 4.78 is 9.51. The molecular formula is C15H28O5. The second kappa shape index (κ2) is 11.9. The maximum atomic E-state index is 11.4. The SMILES string of the molecule is CC(=O)OCC(O)CC1CCCCC1=O.CCOCC. The van der Waals surface area contributed by atoms with E-state index in [0.29, 0.717) is 12.8 Å². The second-order valence-electron chi connectivity index (χ2n) is 4.88. The van der Waals surface area contributed by atoms with Crippen LogP contribution in [0.1, 0.15) is 52.9 Å². The average molecular weight is 288 g/mol. The minimum Gasteiger partial charge on any atom is -0.463 e. The molecular weight excluding hydrogens is 260 g/mol. The molecule has 1 saturated carbocycles. The summed E-state index contributed by atoms with van der Waals surface area (Å²) in [6.45, 7) is 6.97. The van der Waals surface area contributed by atoms with Gasteiger partial charge in [-0.25, -0.2) is 0 Å². The Morgan fingerprint density at radius 2 is 2.00 bits per heavy atom. The third-order valence-electron chi connectivity index (χ3n) is 3.12. The van der Waals surface area contributed by atoms with E-state index in [1.807, 2.05) is 13.8 Å². The van der Waals surface area contributed by atoms with Crippen LogP contribution in [-0.2, 0) is 19.1 Å². The Morgan fingerprint density at radius 1 is 1.35 bits per heavy atom. The van der Waals surface area contributed by atoms with Crippen molar-refractivity contribution in [2.75, 3.05) is 19.8 Å². The van der Waals surface area contributed by atoms with Crippen molar-refractivity contribution < 1.29 is 24.2 Å². The molecule has 2 atom stereocenters. The van der Waals surface area contributed by atoms with Gasteiger partial charge < -0.3 is 14.6 Å². The molecule has 20 heavy (non-hydrogen) atoms. The molecule has 0 saturated heterocycles. The Bertz CT molecular complexity index is 275. The van der Waals surface area contributed by atoms with Crippen molar-refractivity contribution in [1.29, 1.82) is 0 Å². The molecule has 1 fully saturated rings. The van der Waals surface area contributed by atoms with Crippen molar-refractivity contribution in [3.63, 3.8) is 0 Å². The first kappa shape index (κ1) is 19.1. The van der Waals surface area contributed by atoms with Crippen LogP contribution < -0.4 is 0 Å². The summed E-state index contributed by atoms with van der Waals surface area (Å²) in [5.41, 5.74) is 0. The molecule has 5 nitrogen and oxygen atoms in total. The number of rotatable bonds is 6. The molecule has 0 spiro atoms. The molecule has 2 unspecified atom stereocenters. The Labute approximate surface area is 121 Å². The van der Waals surface area contributed by atoms with Gasteiger partial charge in [-0.3, -0.25) is 9.59 Å². The molecule has 0 aromatic heterocycles. The number of ketones is 1. The highest BCUT2D eigenvalue weighted by molar-refractivity contribution is 5.81. The number of carbonyl (C=O) groups excluding carboxylic acids is 2. The Balaban J connectivity index is 0.000000621. The van der Waals surface area contributed by atoms with Gasteiger partial charge in [-0.15, -0.1) is 0 Å². The molecule has 0 amide bonds. The van der Waals surface area contributed by atoms with Crippen LogP contribution in [0.4, 0.5) is 0 Å². The van der Waals surface area contributed by atoms with Gasteiger partial charge in [-0.2, -0.15) is 0 Å². The molecule has 118 valence electrons. The summed E-state index contributed by atoms with van der Waals surface area (Å²) in [6, 6.07) is 0. The van der Waals surface area contributed by atoms with Gasteiger partial charge in [0.15, 0.2) is 0 Å². The van der Waals surface area contributed by atoms with Crippen LogP contribution in [0.25, 0.3) is 0 Å². The van der Waals surface area contributed by atoms with Crippen molar-refractivity contribution in [2.45, 2.75) is 59.0 Å². The van der Waals surface area contributed by atoms with Crippen molar-refractivity contribution in [2.24, 2.45) is 5.92 Å². The van der Waals surface area contributed by atoms with Crippen LogP contribution in [0.5, 0.6) is 0 Å². The van der Waals surface area contributed by atoms with Crippen LogP contribution in [0.3, 0.4) is 0 Å². The molecule has 0 radical (unpaired) electrons. The number of aliphatic hydroxyl groups excluding tert-OH is 1. The van der Waals surface area contributed by atoms with E-state index >= 15 is 0 Å². The summed E-state index contributed by atoms with van der Waals surface area (Å²) in [7, 11) is 0. The highest BCUT2D eigenvalue weighted by atomic mass is 16.5. The van der Waals surface area contributed by atoms with E-state index in [-0.39, 0.29) is 18.3 Å². The zero-order valence-electron chi connectivity index (χ0n) is 12.9. The van der Waals surface area contributed by atoms with E-state index in [0.717, 1.165) is 32.5 Å². The van der Waals surface area contributed by atoms with Gasteiger partial charge in [0, 0.05) is 32.5 Å². The lowest BCUT2D eigenvalue weighted by Gasteiger charge is -2.22. The van der Waals surface area contributed by atoms with Gasteiger partial charge in [0.05, 0.1) is 6.10 Å². The maximum Gasteiger partial charge on any atom is 0.302 e. The lowest BCUT2D eigenvalue weighted by molar-refractivity contribution is -0.144. The highest BCUT2D eigenvalue weighted by Crippen LogP contribution is 2.24. The summed E-state index contributed by atoms with van der Waals surface area (Å²) in [5.74, 6) is -0.198. The first-order valence-corrected chi connectivity index (χ1v) is 7.43. The summed E-state index contributed by atoms with van der Waals surface area (Å²) in [6.07, 6.45) is 3.22. The molecule has 0 aromatic rings. The fraction of sp³-hybridized carbons (Fsp3) is 0.867. The molecule has 5 heteroatoms. The topological polar surface area (TPSA) is 72.8 Å². The molecule has 0 bridgehead atoms. The van der Waals surface area contributed by atoms with Gasteiger partial charge >= 0.3 is 5.97 Å². The number of esters is 1. The first-order chi connectivity index (χ1) is 9.51. The third-order valence-corrected chi connectivity index (χ3v) is 3.12. The standard InChI is InChI=1S/C11H18O4.C4H10O/c1-8(12)15-7-10(13)6-9-4-2-3-5-11(9)14;1-3-5-4-2/h9-10,13H,2-7H2,1H3;3-4H2,1-2H3. The van der Waals surface area contributed by atoms with E-state index in [1.54, 1.807) is 0 Å². The number of carbonyl (C=O) groups is 2. The fourth-order valence-corrected chi connectivity index (χ4v) is 2.12. The van der Waals surface area contributed by atoms with E-state index in [9.17, 15) is 14.7 Å². The quantitative estimate of drug-likeness (QED) is 0.758. The zero-order chi connectivity index (χ0) is 15.4. The molecule has 0 aromatic carbocycles. The predicted molar refractivity (Wildman–Crippen MR) is 76.4 cm³/mol. The number of hydrogen-bond donors (Lipinski definition) is 1. The van der Waals surface area contributed by atoms with E-state index in [1.165, 1.54) is 6.92 Å². The predicted octanol–water partition coefficient (Wildman–Crippen LogP) is 2.10. The molecule has 0 aliphatic heterocycles. The summed E-state index contributed by atoms with van der Waals surface area (Å²) in [4.78, 5) is 22.0. The molecule has 1 rings (SSSR count). The third kappa shape index (κ3) is 9.92. The maximum absolute atomic E-state index is 11.4. The lowest BCUT2D eigenvalue weighted by Crippen LogP contribution is -2.27. The minimum atomic E-state index is -0.707. The number of aliphatic hydroxyl groups is 1. The average Bonchev–Trinajstić information content (AvgIpc) is 2.41. The van der Waals surface area contributed by atoms with Crippen molar-refractivity contribution in [3.05, 3.63) is 0 Å². The van der Waals surface area contributed by atoms with E-state index in [4.69, 9.17) is 4.74 Å². The smallest absolute Gasteiger partial charge is 0.302 e. The van der Waals surface area contributed by atoms with Crippen LogP contribution in [-0.4, -0.2) is 42.8 Å². The van der Waals surface area contributed by atoms with Gasteiger partial charge in [-0.1, -0.05) is 6.42 Å². The lowest BCUT2D eigenvalue weighted by atomic mass is 9.84. The van der Waals surface area contributed by atoms with Gasteiger partial charge in [0.1, 0.15) is 12.4 Å². The van der Waals surface area contributed by atoms with Gasteiger partial charge in [-0.05, 0) is 33.1 Å². The van der Waals surface area contributed by atoms with Crippen LogP contribution in [0, 0.1) is 5.92 Å². The van der Waals surface area contributed by atoms with Crippen LogP contribution >= 0.6 is 0 Å². The fourth-order valence-electron chi connectivity index (χ4n) is 2.12. The zero-order valence-corrected chi connectivity index (χ0v) is 12.9. The van der Waals surface area contributed by atoms with Crippen LogP contribution in [0.15, 0.2) is 0 Å². The largest absolute Gasteiger partial charge is 0.463 e. The van der Waals surface area contributed by atoms with Gasteiger partial charge in [0.2, 0.25) is 0 Å². The highest BCUT2D eigenvalue weighted by Gasteiger charge is 2.24.